The maximum absolute atomic E-state index is 12.6. The van der Waals surface area contributed by atoms with Gasteiger partial charge in [0.2, 0.25) is 5.91 Å². The SMILES string of the molecule is Cc1noc(C)c1CCC(=O)N1CCCN(CC2COCCO2)CC1.O=CO. The average Bonchev–Trinajstić information content (AvgIpc) is 2.87. The number of nitrogens with zero attached hydrogens (tertiary/aromatic N) is 3. The van der Waals surface area contributed by atoms with Gasteiger partial charge in [-0.3, -0.25) is 14.5 Å². The second kappa shape index (κ2) is 11.8. The Morgan fingerprint density at radius 2 is 2.04 bits per heavy atom. The molecule has 1 unspecified atom stereocenters. The van der Waals surface area contributed by atoms with Crippen LogP contribution in [0.3, 0.4) is 0 Å². The molecule has 0 aromatic carbocycles. The van der Waals surface area contributed by atoms with E-state index in [1.807, 2.05) is 18.7 Å². The molecule has 1 aromatic rings. The molecule has 1 atom stereocenters. The molecule has 2 fully saturated rings. The van der Waals surface area contributed by atoms with E-state index in [-0.39, 0.29) is 18.5 Å². The van der Waals surface area contributed by atoms with Gasteiger partial charge in [-0.15, -0.1) is 0 Å². The predicted molar refractivity (Wildman–Crippen MR) is 101 cm³/mol. The number of aryl methyl sites for hydroxylation is 2. The van der Waals surface area contributed by atoms with E-state index in [2.05, 4.69) is 10.1 Å². The highest BCUT2D eigenvalue weighted by molar-refractivity contribution is 5.76. The number of carbonyl (C=O) groups is 2. The van der Waals surface area contributed by atoms with Gasteiger partial charge in [0.05, 0.1) is 31.6 Å². The molecule has 2 aliphatic rings. The van der Waals surface area contributed by atoms with Crippen LogP contribution in [0.4, 0.5) is 0 Å². The van der Waals surface area contributed by atoms with Crippen molar-refractivity contribution in [3.05, 3.63) is 17.0 Å². The van der Waals surface area contributed by atoms with Crippen LogP contribution in [-0.2, 0) is 25.5 Å². The van der Waals surface area contributed by atoms with Gasteiger partial charge < -0.3 is 24.0 Å². The van der Waals surface area contributed by atoms with Gasteiger partial charge in [-0.2, -0.15) is 0 Å². The van der Waals surface area contributed by atoms with E-state index in [9.17, 15) is 4.79 Å². The number of amides is 1. The van der Waals surface area contributed by atoms with Crippen LogP contribution in [0.5, 0.6) is 0 Å². The Bertz CT molecular complexity index is 595. The molecule has 0 spiro atoms. The van der Waals surface area contributed by atoms with Crippen molar-refractivity contribution >= 4 is 12.4 Å². The smallest absolute Gasteiger partial charge is 0.290 e. The fourth-order valence-corrected chi connectivity index (χ4v) is 3.58. The number of hydrogen-bond acceptors (Lipinski definition) is 7. The van der Waals surface area contributed by atoms with Crippen LogP contribution in [0.2, 0.25) is 0 Å². The van der Waals surface area contributed by atoms with E-state index in [1.165, 1.54) is 0 Å². The molecule has 28 heavy (non-hydrogen) atoms. The minimum Gasteiger partial charge on any atom is -0.483 e. The van der Waals surface area contributed by atoms with E-state index in [4.69, 9.17) is 23.9 Å². The molecule has 0 radical (unpaired) electrons. The van der Waals surface area contributed by atoms with E-state index >= 15 is 0 Å². The number of carboxylic acid groups (broad SMARTS) is 1. The Balaban J connectivity index is 0.000000878. The summed E-state index contributed by atoms with van der Waals surface area (Å²) in [4.78, 5) is 25.3. The molecule has 9 nitrogen and oxygen atoms in total. The molecule has 158 valence electrons. The molecule has 3 heterocycles. The highest BCUT2D eigenvalue weighted by Gasteiger charge is 2.23. The molecule has 0 saturated carbocycles. The van der Waals surface area contributed by atoms with Crippen molar-refractivity contribution in [3.63, 3.8) is 0 Å². The third-order valence-electron chi connectivity index (χ3n) is 5.06. The molecule has 1 amide bonds. The predicted octanol–water partition coefficient (Wildman–Crippen LogP) is 0.875. The summed E-state index contributed by atoms with van der Waals surface area (Å²) in [6.45, 7) is 10.1. The van der Waals surface area contributed by atoms with Crippen LogP contribution in [0.15, 0.2) is 4.52 Å². The van der Waals surface area contributed by atoms with Gasteiger partial charge in [0.1, 0.15) is 5.76 Å². The summed E-state index contributed by atoms with van der Waals surface area (Å²) in [5, 5.41) is 10.8. The van der Waals surface area contributed by atoms with E-state index in [0.29, 0.717) is 32.7 Å². The second-order valence-corrected chi connectivity index (χ2v) is 7.01. The summed E-state index contributed by atoms with van der Waals surface area (Å²) >= 11 is 0. The quantitative estimate of drug-likeness (QED) is 0.730. The van der Waals surface area contributed by atoms with Gasteiger partial charge in [-0.05, 0) is 33.2 Å². The van der Waals surface area contributed by atoms with Gasteiger partial charge in [-0.1, -0.05) is 5.16 Å². The molecule has 2 saturated heterocycles. The largest absolute Gasteiger partial charge is 0.483 e. The van der Waals surface area contributed by atoms with Gasteiger partial charge in [-0.25, -0.2) is 0 Å². The standard InChI is InChI=1S/C18H29N3O4.CH2O2/c1-14-17(15(2)25-19-14)4-5-18(22)21-7-3-6-20(8-9-21)12-16-13-23-10-11-24-16;2-1-3/h16H,3-13H2,1-2H3;1H,(H,2,3). The zero-order valence-electron chi connectivity index (χ0n) is 16.8. The average molecular weight is 397 g/mol. The summed E-state index contributed by atoms with van der Waals surface area (Å²) in [7, 11) is 0. The Morgan fingerprint density at radius 1 is 1.25 bits per heavy atom. The summed E-state index contributed by atoms with van der Waals surface area (Å²) in [6, 6.07) is 0. The van der Waals surface area contributed by atoms with Crippen LogP contribution in [0.25, 0.3) is 0 Å². The third-order valence-corrected chi connectivity index (χ3v) is 5.06. The van der Waals surface area contributed by atoms with Crippen molar-refractivity contribution in [2.24, 2.45) is 0 Å². The summed E-state index contributed by atoms with van der Waals surface area (Å²) in [6.07, 6.45) is 2.39. The normalized spacial score (nSPS) is 20.8. The number of hydrogen-bond donors (Lipinski definition) is 1. The second-order valence-electron chi connectivity index (χ2n) is 7.01. The van der Waals surface area contributed by atoms with Crippen molar-refractivity contribution < 1.29 is 28.7 Å². The van der Waals surface area contributed by atoms with E-state index in [0.717, 1.165) is 56.2 Å². The fraction of sp³-hybridized carbons (Fsp3) is 0.737. The van der Waals surface area contributed by atoms with Gasteiger partial charge in [0.25, 0.3) is 6.47 Å². The molecule has 3 rings (SSSR count). The van der Waals surface area contributed by atoms with Gasteiger partial charge >= 0.3 is 0 Å². The van der Waals surface area contributed by atoms with Crippen LogP contribution in [0, 0.1) is 13.8 Å². The minimum atomic E-state index is -0.250. The summed E-state index contributed by atoms with van der Waals surface area (Å²) in [5.74, 6) is 1.04. The van der Waals surface area contributed by atoms with E-state index in [1.54, 1.807) is 0 Å². The zero-order valence-corrected chi connectivity index (χ0v) is 16.8. The monoisotopic (exact) mass is 397 g/mol. The maximum atomic E-state index is 12.6. The highest BCUT2D eigenvalue weighted by Crippen LogP contribution is 2.16. The Labute approximate surface area is 165 Å². The molecule has 2 aliphatic heterocycles. The lowest BCUT2D eigenvalue weighted by molar-refractivity contribution is -0.131. The first-order chi connectivity index (χ1) is 13.5. The first-order valence-corrected chi connectivity index (χ1v) is 9.74. The number of aromatic nitrogens is 1. The summed E-state index contributed by atoms with van der Waals surface area (Å²) < 4.78 is 16.4. The molecule has 9 heteroatoms. The Kier molecular flexibility index (Phi) is 9.39. The van der Waals surface area contributed by atoms with Crippen molar-refractivity contribution in [1.29, 1.82) is 0 Å². The molecule has 1 N–H and O–H groups in total. The molecule has 0 bridgehead atoms. The molecule has 0 aliphatic carbocycles. The summed E-state index contributed by atoms with van der Waals surface area (Å²) in [5.41, 5.74) is 1.96. The molecular formula is C19H31N3O6. The minimum absolute atomic E-state index is 0.163. The molecule has 1 aromatic heterocycles. The van der Waals surface area contributed by atoms with Crippen LogP contribution >= 0.6 is 0 Å². The maximum Gasteiger partial charge on any atom is 0.290 e. The lowest BCUT2D eigenvalue weighted by Crippen LogP contribution is -2.42. The fourth-order valence-electron chi connectivity index (χ4n) is 3.58. The first kappa shape index (κ1) is 22.3. The molecular weight excluding hydrogens is 366 g/mol. The van der Waals surface area contributed by atoms with Crippen molar-refractivity contribution in [2.75, 3.05) is 52.5 Å². The van der Waals surface area contributed by atoms with Crippen LogP contribution < -0.4 is 0 Å². The van der Waals surface area contributed by atoms with Crippen molar-refractivity contribution in [2.45, 2.75) is 39.2 Å². The van der Waals surface area contributed by atoms with Crippen LogP contribution in [0.1, 0.15) is 29.9 Å². The Hall–Kier alpha value is -1.97. The number of carbonyl (C=O) groups excluding carboxylic acids is 1. The lowest BCUT2D eigenvalue weighted by Gasteiger charge is -2.29. The van der Waals surface area contributed by atoms with Gasteiger partial charge in [0, 0.05) is 38.2 Å². The van der Waals surface area contributed by atoms with Crippen molar-refractivity contribution in [3.8, 4) is 0 Å². The lowest BCUT2D eigenvalue weighted by atomic mass is 10.1. The Morgan fingerprint density at radius 3 is 2.68 bits per heavy atom. The zero-order chi connectivity index (χ0) is 20.4. The van der Waals surface area contributed by atoms with E-state index < -0.39 is 0 Å². The number of ether oxygens (including phenoxy) is 2. The first-order valence-electron chi connectivity index (χ1n) is 9.74. The topological polar surface area (TPSA) is 105 Å². The van der Waals surface area contributed by atoms with Gasteiger partial charge in [0.15, 0.2) is 0 Å². The van der Waals surface area contributed by atoms with Crippen LogP contribution in [-0.4, -0.2) is 91.1 Å². The van der Waals surface area contributed by atoms with Crippen molar-refractivity contribution in [1.82, 2.24) is 15.0 Å². The third kappa shape index (κ3) is 6.88. The number of rotatable bonds is 5. The highest BCUT2D eigenvalue weighted by atomic mass is 16.6.